The molecular weight excluding hydrogens is 318 g/mol. The first-order chi connectivity index (χ1) is 8.46. The van der Waals surface area contributed by atoms with Crippen molar-refractivity contribution in [3.05, 3.63) is 22.8 Å². The van der Waals surface area contributed by atoms with Crippen molar-refractivity contribution in [2.45, 2.75) is 18.9 Å². The fourth-order valence-electron chi connectivity index (χ4n) is 2.12. The van der Waals surface area contributed by atoms with Gasteiger partial charge in [0.05, 0.1) is 10.7 Å². The molecule has 1 fully saturated rings. The second-order valence-electron chi connectivity index (χ2n) is 4.46. The Bertz CT molecular complexity index is 513. The summed E-state index contributed by atoms with van der Waals surface area (Å²) in [6.07, 6.45) is 4.57. The molecule has 18 heavy (non-hydrogen) atoms. The second kappa shape index (κ2) is 5.54. The topological polar surface area (TPSA) is 62.3 Å². The monoisotopic (exact) mass is 333 g/mol. The van der Waals surface area contributed by atoms with Gasteiger partial charge in [-0.25, -0.2) is 18.1 Å². The Kier molecular flexibility index (Phi) is 4.24. The van der Waals surface area contributed by atoms with Crippen LogP contribution in [-0.2, 0) is 10.0 Å². The SMILES string of the molecule is CS(=O)(=O)NC1CCN(c2ncccc2Br)CC1. The molecule has 5 nitrogen and oxygen atoms in total. The molecule has 1 N–H and O–H groups in total. The molecule has 7 heteroatoms. The van der Waals surface area contributed by atoms with Crippen LogP contribution in [0.25, 0.3) is 0 Å². The highest BCUT2D eigenvalue weighted by molar-refractivity contribution is 9.10. The van der Waals surface area contributed by atoms with E-state index in [2.05, 4.69) is 30.5 Å². The van der Waals surface area contributed by atoms with Gasteiger partial charge in [0.15, 0.2) is 0 Å². The number of rotatable bonds is 3. The highest BCUT2D eigenvalue weighted by atomic mass is 79.9. The van der Waals surface area contributed by atoms with Crippen molar-refractivity contribution in [1.29, 1.82) is 0 Å². The van der Waals surface area contributed by atoms with Crippen LogP contribution in [0.4, 0.5) is 5.82 Å². The summed E-state index contributed by atoms with van der Waals surface area (Å²) in [6.45, 7) is 1.62. The quantitative estimate of drug-likeness (QED) is 0.907. The molecule has 0 atom stereocenters. The summed E-state index contributed by atoms with van der Waals surface area (Å²) >= 11 is 3.48. The molecule has 2 heterocycles. The number of piperidine rings is 1. The molecule has 0 unspecified atom stereocenters. The van der Waals surface area contributed by atoms with E-state index in [1.807, 2.05) is 12.1 Å². The van der Waals surface area contributed by atoms with Gasteiger partial charge >= 0.3 is 0 Å². The van der Waals surface area contributed by atoms with Crippen molar-refractivity contribution in [2.24, 2.45) is 0 Å². The number of nitrogens with one attached hydrogen (secondary N) is 1. The summed E-state index contributed by atoms with van der Waals surface area (Å²) in [4.78, 5) is 6.51. The highest BCUT2D eigenvalue weighted by Gasteiger charge is 2.23. The lowest BCUT2D eigenvalue weighted by atomic mass is 10.1. The van der Waals surface area contributed by atoms with Crippen molar-refractivity contribution in [2.75, 3.05) is 24.2 Å². The van der Waals surface area contributed by atoms with Gasteiger partial charge in [0.25, 0.3) is 0 Å². The zero-order valence-corrected chi connectivity index (χ0v) is 12.5. The Labute approximate surface area is 116 Å². The van der Waals surface area contributed by atoms with Crippen LogP contribution in [0.5, 0.6) is 0 Å². The molecule has 1 aromatic heterocycles. The number of sulfonamides is 1. The van der Waals surface area contributed by atoms with Gasteiger partial charge in [0, 0.05) is 25.3 Å². The minimum atomic E-state index is -3.11. The first-order valence-electron chi connectivity index (χ1n) is 5.78. The van der Waals surface area contributed by atoms with E-state index in [9.17, 15) is 8.42 Å². The fourth-order valence-corrected chi connectivity index (χ4v) is 3.47. The Hall–Kier alpha value is -0.660. The first kappa shape index (κ1) is 13.8. The lowest BCUT2D eigenvalue weighted by molar-refractivity contribution is 0.459. The molecule has 1 saturated heterocycles. The van der Waals surface area contributed by atoms with Crippen molar-refractivity contribution in [3.63, 3.8) is 0 Å². The van der Waals surface area contributed by atoms with Gasteiger partial charge < -0.3 is 4.90 Å². The molecule has 100 valence electrons. The number of halogens is 1. The Balaban J connectivity index is 1.97. The molecular formula is C11H16BrN3O2S. The zero-order chi connectivity index (χ0) is 13.2. The molecule has 0 radical (unpaired) electrons. The summed E-state index contributed by atoms with van der Waals surface area (Å²) < 4.78 is 26.0. The van der Waals surface area contributed by atoms with Gasteiger partial charge in [-0.2, -0.15) is 0 Å². The van der Waals surface area contributed by atoms with E-state index in [1.54, 1.807) is 6.20 Å². The lowest BCUT2D eigenvalue weighted by Gasteiger charge is -2.33. The van der Waals surface area contributed by atoms with Crippen LogP contribution in [0.3, 0.4) is 0 Å². The average molecular weight is 334 g/mol. The van der Waals surface area contributed by atoms with Crippen LogP contribution >= 0.6 is 15.9 Å². The van der Waals surface area contributed by atoms with Crippen LogP contribution in [0.2, 0.25) is 0 Å². The molecule has 0 aromatic carbocycles. The van der Waals surface area contributed by atoms with Gasteiger partial charge in [-0.05, 0) is 40.9 Å². The van der Waals surface area contributed by atoms with Gasteiger partial charge in [0.1, 0.15) is 5.82 Å². The van der Waals surface area contributed by atoms with Gasteiger partial charge in [-0.15, -0.1) is 0 Å². The van der Waals surface area contributed by atoms with Crippen LogP contribution in [0.15, 0.2) is 22.8 Å². The zero-order valence-electron chi connectivity index (χ0n) is 10.1. The molecule has 1 aliphatic heterocycles. The summed E-state index contributed by atoms with van der Waals surface area (Å²) in [5, 5.41) is 0. The molecule has 1 aliphatic rings. The van der Waals surface area contributed by atoms with Crippen molar-refractivity contribution >= 4 is 31.8 Å². The summed E-state index contributed by atoms with van der Waals surface area (Å²) in [5.41, 5.74) is 0. The molecule has 1 aromatic rings. The van der Waals surface area contributed by atoms with Crippen molar-refractivity contribution < 1.29 is 8.42 Å². The Morgan fingerprint density at radius 2 is 2.11 bits per heavy atom. The smallest absolute Gasteiger partial charge is 0.208 e. The largest absolute Gasteiger partial charge is 0.356 e. The van der Waals surface area contributed by atoms with E-state index in [0.717, 1.165) is 36.2 Å². The third-order valence-corrected chi connectivity index (χ3v) is 4.29. The van der Waals surface area contributed by atoms with Gasteiger partial charge in [-0.3, -0.25) is 0 Å². The molecule has 2 rings (SSSR count). The van der Waals surface area contributed by atoms with Gasteiger partial charge in [-0.1, -0.05) is 0 Å². The number of nitrogens with zero attached hydrogens (tertiary/aromatic N) is 2. The van der Waals surface area contributed by atoms with E-state index in [-0.39, 0.29) is 6.04 Å². The highest BCUT2D eigenvalue weighted by Crippen LogP contribution is 2.25. The Morgan fingerprint density at radius 3 is 2.67 bits per heavy atom. The van der Waals surface area contributed by atoms with Crippen LogP contribution in [-0.4, -0.2) is 38.8 Å². The molecule has 0 spiro atoms. The van der Waals surface area contributed by atoms with Gasteiger partial charge in [0.2, 0.25) is 10.0 Å². The number of hydrogen-bond acceptors (Lipinski definition) is 4. The van der Waals surface area contributed by atoms with Crippen LogP contribution in [0, 0.1) is 0 Å². The molecule has 0 amide bonds. The van der Waals surface area contributed by atoms with E-state index < -0.39 is 10.0 Å². The van der Waals surface area contributed by atoms with E-state index in [1.165, 1.54) is 6.26 Å². The number of hydrogen-bond donors (Lipinski definition) is 1. The summed E-state index contributed by atoms with van der Waals surface area (Å²) in [7, 11) is -3.11. The van der Waals surface area contributed by atoms with E-state index in [4.69, 9.17) is 0 Å². The maximum Gasteiger partial charge on any atom is 0.208 e. The molecule has 0 aliphatic carbocycles. The maximum absolute atomic E-state index is 11.2. The molecule has 0 saturated carbocycles. The van der Waals surface area contributed by atoms with Crippen molar-refractivity contribution in [3.8, 4) is 0 Å². The summed E-state index contributed by atoms with van der Waals surface area (Å²) in [5.74, 6) is 0.926. The van der Waals surface area contributed by atoms with Crippen LogP contribution in [0.1, 0.15) is 12.8 Å². The second-order valence-corrected chi connectivity index (χ2v) is 7.09. The Morgan fingerprint density at radius 1 is 1.44 bits per heavy atom. The number of anilines is 1. The number of aromatic nitrogens is 1. The predicted molar refractivity (Wildman–Crippen MR) is 75.2 cm³/mol. The number of pyridine rings is 1. The van der Waals surface area contributed by atoms with Crippen molar-refractivity contribution in [1.82, 2.24) is 9.71 Å². The minimum absolute atomic E-state index is 0.0405. The van der Waals surface area contributed by atoms with E-state index in [0.29, 0.717) is 0 Å². The maximum atomic E-state index is 11.2. The summed E-state index contributed by atoms with van der Waals surface area (Å²) in [6, 6.07) is 3.88. The lowest BCUT2D eigenvalue weighted by Crippen LogP contribution is -2.44. The third kappa shape index (κ3) is 3.66. The molecule has 0 bridgehead atoms. The normalized spacial score (nSPS) is 18.0. The average Bonchev–Trinajstić information content (AvgIpc) is 2.29. The fraction of sp³-hybridized carbons (Fsp3) is 0.545. The van der Waals surface area contributed by atoms with E-state index >= 15 is 0 Å². The third-order valence-electron chi connectivity index (χ3n) is 2.91. The van der Waals surface area contributed by atoms with Crippen LogP contribution < -0.4 is 9.62 Å². The minimum Gasteiger partial charge on any atom is -0.356 e. The first-order valence-corrected chi connectivity index (χ1v) is 8.47. The standard InChI is InChI=1S/C11H16BrN3O2S/c1-18(16,17)14-9-4-7-15(8-5-9)11-10(12)3-2-6-13-11/h2-3,6,9,14H,4-5,7-8H2,1H3. The predicted octanol–water partition coefficient (Wildman–Crippen LogP) is 1.36.